The Morgan fingerprint density at radius 2 is 1.94 bits per heavy atom. The summed E-state index contributed by atoms with van der Waals surface area (Å²) in [6, 6.07) is 15.6. The van der Waals surface area contributed by atoms with Crippen molar-refractivity contribution in [1.82, 2.24) is 15.0 Å². The fourth-order valence-electron chi connectivity index (χ4n) is 4.37. The molecule has 0 spiro atoms. The molecule has 1 fully saturated rings. The van der Waals surface area contributed by atoms with E-state index in [4.69, 9.17) is 10.5 Å². The number of carbonyl (C=O) groups excluding carboxylic acids is 1. The lowest BCUT2D eigenvalue weighted by Gasteiger charge is -2.21. The lowest BCUT2D eigenvalue weighted by atomic mass is 10.0. The van der Waals surface area contributed by atoms with Crippen LogP contribution in [-0.2, 0) is 4.79 Å². The number of benzene rings is 2. The number of anilines is 2. The molecular weight excluding hydrogens is 414 g/mol. The maximum atomic E-state index is 12.7. The molecule has 2 N–H and O–H groups in total. The Labute approximate surface area is 192 Å². The summed E-state index contributed by atoms with van der Waals surface area (Å²) in [5, 5.41) is 1.91. The molecule has 1 saturated heterocycles. The highest BCUT2D eigenvalue weighted by molar-refractivity contribution is 6.06. The Balaban J connectivity index is 1.60. The van der Waals surface area contributed by atoms with Crippen molar-refractivity contribution >= 4 is 28.3 Å². The Morgan fingerprint density at radius 1 is 1.06 bits per heavy atom. The molecule has 2 aromatic carbocycles. The average Bonchev–Trinajstić information content (AvgIpc) is 3.21. The summed E-state index contributed by atoms with van der Waals surface area (Å²) < 4.78 is 6.42. The van der Waals surface area contributed by atoms with Crippen molar-refractivity contribution in [3.63, 3.8) is 0 Å². The first-order valence-electron chi connectivity index (χ1n) is 11.1. The minimum atomic E-state index is 0.172. The molecule has 0 radical (unpaired) electrons. The number of amides is 1. The van der Waals surface area contributed by atoms with Gasteiger partial charge in [-0.2, -0.15) is 0 Å². The van der Waals surface area contributed by atoms with E-state index in [-0.39, 0.29) is 11.9 Å². The van der Waals surface area contributed by atoms with Crippen molar-refractivity contribution in [2.75, 3.05) is 17.2 Å². The second-order valence-corrected chi connectivity index (χ2v) is 8.32. The van der Waals surface area contributed by atoms with Crippen LogP contribution in [0, 0.1) is 12.8 Å². The Morgan fingerprint density at radius 3 is 2.73 bits per heavy atom. The molecule has 7 heteroatoms. The molecule has 33 heavy (non-hydrogen) atoms. The van der Waals surface area contributed by atoms with Gasteiger partial charge >= 0.3 is 0 Å². The number of fused-ring (bicyclic) bond motifs is 1. The molecule has 1 amide bonds. The molecule has 2 aromatic heterocycles. The highest BCUT2D eigenvalue weighted by Gasteiger charge is 2.30. The minimum Gasteiger partial charge on any atom is -0.437 e. The number of hydrogen-bond acceptors (Lipinski definition) is 6. The van der Waals surface area contributed by atoms with Crippen LogP contribution in [-0.4, -0.2) is 27.4 Å². The van der Waals surface area contributed by atoms with Crippen LogP contribution in [0.2, 0.25) is 0 Å². The monoisotopic (exact) mass is 439 g/mol. The number of hydrogen-bond donors (Lipinski definition) is 1. The van der Waals surface area contributed by atoms with Gasteiger partial charge in [0.05, 0.1) is 16.9 Å². The highest BCUT2D eigenvalue weighted by Crippen LogP contribution is 2.40. The number of rotatable bonds is 5. The predicted molar refractivity (Wildman–Crippen MR) is 129 cm³/mol. The standard InChI is InChI=1S/C26H25N5O2/c1-3-17-14-23(32)31(15-17)22-8-4-6-19-18(22)10-9-16(2)24(19)33-25-20(7-5-12-28-25)21-11-13-29-26(27)30-21/h4-13,17H,3,14-15H2,1-2H3,(H2,27,29,30). The van der Waals surface area contributed by atoms with Crippen LogP contribution in [0.4, 0.5) is 11.6 Å². The average molecular weight is 440 g/mol. The van der Waals surface area contributed by atoms with Gasteiger partial charge in [-0.1, -0.05) is 37.6 Å². The third-order valence-corrected chi connectivity index (χ3v) is 6.18. The maximum Gasteiger partial charge on any atom is 0.228 e. The van der Waals surface area contributed by atoms with E-state index in [1.54, 1.807) is 18.5 Å². The van der Waals surface area contributed by atoms with Crippen molar-refractivity contribution in [2.45, 2.75) is 26.7 Å². The topological polar surface area (TPSA) is 94.2 Å². The fourth-order valence-corrected chi connectivity index (χ4v) is 4.37. The van der Waals surface area contributed by atoms with Crippen molar-refractivity contribution in [3.05, 3.63) is 66.5 Å². The number of nitrogens with zero attached hydrogens (tertiary/aromatic N) is 4. The molecule has 166 valence electrons. The Kier molecular flexibility index (Phi) is 5.38. The van der Waals surface area contributed by atoms with Crippen molar-refractivity contribution in [2.24, 2.45) is 5.92 Å². The first kappa shape index (κ1) is 20.9. The maximum absolute atomic E-state index is 12.7. The van der Waals surface area contributed by atoms with E-state index in [9.17, 15) is 4.79 Å². The lowest BCUT2D eigenvalue weighted by molar-refractivity contribution is -0.117. The van der Waals surface area contributed by atoms with Crippen LogP contribution in [0.1, 0.15) is 25.3 Å². The van der Waals surface area contributed by atoms with Gasteiger partial charge in [0, 0.05) is 36.1 Å². The van der Waals surface area contributed by atoms with E-state index in [0.717, 1.165) is 40.6 Å². The zero-order valence-corrected chi connectivity index (χ0v) is 18.7. The molecule has 5 rings (SSSR count). The second kappa shape index (κ2) is 8.50. The van der Waals surface area contributed by atoms with Gasteiger partial charge in [-0.25, -0.2) is 15.0 Å². The Bertz CT molecular complexity index is 1350. The first-order chi connectivity index (χ1) is 16.0. The summed E-state index contributed by atoms with van der Waals surface area (Å²) >= 11 is 0. The van der Waals surface area contributed by atoms with Gasteiger partial charge in [0.1, 0.15) is 5.75 Å². The zero-order chi connectivity index (χ0) is 22.9. The van der Waals surface area contributed by atoms with Crippen LogP contribution in [0.3, 0.4) is 0 Å². The molecule has 1 aliphatic heterocycles. The molecule has 0 bridgehead atoms. The molecule has 1 unspecified atom stereocenters. The second-order valence-electron chi connectivity index (χ2n) is 8.32. The number of aromatic nitrogens is 3. The van der Waals surface area contributed by atoms with Gasteiger partial charge in [0.25, 0.3) is 0 Å². The summed E-state index contributed by atoms with van der Waals surface area (Å²) in [5.74, 6) is 1.89. The van der Waals surface area contributed by atoms with Crippen LogP contribution in [0.5, 0.6) is 11.6 Å². The van der Waals surface area contributed by atoms with E-state index in [0.29, 0.717) is 29.7 Å². The summed E-state index contributed by atoms with van der Waals surface area (Å²) in [7, 11) is 0. The summed E-state index contributed by atoms with van der Waals surface area (Å²) in [4.78, 5) is 27.4. The first-order valence-corrected chi connectivity index (χ1v) is 11.1. The van der Waals surface area contributed by atoms with E-state index < -0.39 is 0 Å². The van der Waals surface area contributed by atoms with E-state index >= 15 is 0 Å². The normalized spacial score (nSPS) is 15.9. The van der Waals surface area contributed by atoms with E-state index in [2.05, 4.69) is 27.9 Å². The van der Waals surface area contributed by atoms with E-state index in [1.807, 2.05) is 48.2 Å². The molecule has 1 aliphatic rings. The quantitative estimate of drug-likeness (QED) is 0.463. The largest absolute Gasteiger partial charge is 0.437 e. The lowest BCUT2D eigenvalue weighted by Crippen LogP contribution is -2.24. The Hall–Kier alpha value is -4.00. The molecule has 0 aliphatic carbocycles. The number of ether oxygens (including phenoxy) is 1. The SMILES string of the molecule is CCC1CC(=O)N(c2cccc3c(Oc4ncccc4-c4ccnc(N)n4)c(C)ccc23)C1. The molecule has 7 nitrogen and oxygen atoms in total. The van der Waals surface area contributed by atoms with Crippen molar-refractivity contribution in [3.8, 4) is 22.9 Å². The number of nitrogen functional groups attached to an aromatic ring is 1. The summed E-state index contributed by atoms with van der Waals surface area (Å²) in [6.07, 6.45) is 4.89. The van der Waals surface area contributed by atoms with Gasteiger partial charge in [-0.3, -0.25) is 4.79 Å². The molecule has 1 atom stereocenters. The summed E-state index contributed by atoms with van der Waals surface area (Å²) in [6.45, 7) is 4.88. The molecular formula is C26H25N5O2. The predicted octanol–water partition coefficient (Wildman–Crippen LogP) is 5.14. The van der Waals surface area contributed by atoms with Gasteiger partial charge in [0.15, 0.2) is 0 Å². The number of aryl methyl sites for hydroxylation is 1. The fraction of sp³-hybridized carbons (Fsp3) is 0.231. The smallest absolute Gasteiger partial charge is 0.228 e. The molecule has 4 aromatic rings. The number of nitrogens with two attached hydrogens (primary N) is 1. The molecule has 0 saturated carbocycles. The van der Waals surface area contributed by atoms with Gasteiger partial charge < -0.3 is 15.4 Å². The third-order valence-electron chi connectivity index (χ3n) is 6.18. The number of carbonyl (C=O) groups is 1. The van der Waals surface area contributed by atoms with Gasteiger partial charge in [-0.15, -0.1) is 0 Å². The van der Waals surface area contributed by atoms with Crippen molar-refractivity contribution < 1.29 is 9.53 Å². The van der Waals surface area contributed by atoms with Crippen LogP contribution < -0.4 is 15.4 Å². The van der Waals surface area contributed by atoms with Gasteiger partial charge in [-0.05, 0) is 42.7 Å². The minimum absolute atomic E-state index is 0.172. The highest BCUT2D eigenvalue weighted by atomic mass is 16.5. The summed E-state index contributed by atoms with van der Waals surface area (Å²) in [5.41, 5.74) is 9.04. The van der Waals surface area contributed by atoms with E-state index in [1.165, 1.54) is 0 Å². The third kappa shape index (κ3) is 3.86. The van der Waals surface area contributed by atoms with Crippen LogP contribution in [0.15, 0.2) is 60.9 Å². The van der Waals surface area contributed by atoms with Gasteiger partial charge in [0.2, 0.25) is 17.7 Å². The van der Waals surface area contributed by atoms with Crippen LogP contribution in [0.25, 0.3) is 22.0 Å². The number of pyridine rings is 1. The zero-order valence-electron chi connectivity index (χ0n) is 18.7. The van der Waals surface area contributed by atoms with Crippen molar-refractivity contribution in [1.29, 1.82) is 0 Å². The molecule has 3 heterocycles. The van der Waals surface area contributed by atoms with Crippen LogP contribution >= 0.6 is 0 Å².